The summed E-state index contributed by atoms with van der Waals surface area (Å²) in [6.07, 6.45) is 5.89. The monoisotopic (exact) mass is 235 g/mol. The van der Waals surface area contributed by atoms with Crippen LogP contribution in [0.2, 0.25) is 0 Å². The van der Waals surface area contributed by atoms with E-state index in [0.29, 0.717) is 5.92 Å². The molecule has 3 rings (SSSR count). The quantitative estimate of drug-likeness (QED) is 0.845. The number of rotatable bonds is 2. The van der Waals surface area contributed by atoms with Gasteiger partial charge in [-0.1, -0.05) is 6.92 Å². The fourth-order valence-electron chi connectivity index (χ4n) is 3.04. The minimum atomic E-state index is -0.344. The Labute approximate surface area is 102 Å². The highest BCUT2D eigenvalue weighted by Gasteiger charge is 2.27. The van der Waals surface area contributed by atoms with Gasteiger partial charge in [0.15, 0.2) is 0 Å². The molecule has 17 heavy (non-hydrogen) atoms. The van der Waals surface area contributed by atoms with Crippen LogP contribution in [-0.4, -0.2) is 39.2 Å². The number of hydrogen-bond donors (Lipinski definition) is 1. The molecule has 1 aromatic heterocycles. The minimum Gasteiger partial charge on any atom is -0.373 e. The highest BCUT2D eigenvalue weighted by atomic mass is 16.3. The van der Waals surface area contributed by atoms with Crippen molar-refractivity contribution in [2.24, 2.45) is 0 Å². The number of aromatic nitrogens is 2. The van der Waals surface area contributed by atoms with Crippen molar-refractivity contribution >= 4 is 0 Å². The van der Waals surface area contributed by atoms with Crippen LogP contribution in [0.15, 0.2) is 6.20 Å². The first-order valence-corrected chi connectivity index (χ1v) is 6.76. The van der Waals surface area contributed by atoms with Crippen molar-refractivity contribution in [3.63, 3.8) is 0 Å². The van der Waals surface area contributed by atoms with Crippen molar-refractivity contribution in [2.45, 2.75) is 44.8 Å². The van der Waals surface area contributed by atoms with Crippen LogP contribution in [-0.2, 0) is 6.42 Å². The summed E-state index contributed by atoms with van der Waals surface area (Å²) in [4.78, 5) is 7.20. The van der Waals surface area contributed by atoms with Gasteiger partial charge >= 0.3 is 0 Å². The molecule has 1 N–H and O–H groups in total. The van der Waals surface area contributed by atoms with Crippen molar-refractivity contribution in [1.82, 2.24) is 14.5 Å². The highest BCUT2D eigenvalue weighted by Crippen LogP contribution is 2.30. The van der Waals surface area contributed by atoms with E-state index in [1.54, 1.807) is 0 Å². The molecular formula is C13H21N3O. The van der Waals surface area contributed by atoms with E-state index in [1.165, 1.54) is 18.7 Å². The maximum absolute atomic E-state index is 9.93. The second kappa shape index (κ2) is 4.42. The van der Waals surface area contributed by atoms with Crippen LogP contribution < -0.4 is 0 Å². The van der Waals surface area contributed by atoms with E-state index < -0.39 is 0 Å². The van der Waals surface area contributed by atoms with Crippen molar-refractivity contribution in [1.29, 1.82) is 0 Å². The molecule has 94 valence electrons. The van der Waals surface area contributed by atoms with Crippen LogP contribution in [0, 0.1) is 0 Å². The summed E-state index contributed by atoms with van der Waals surface area (Å²) in [5, 5.41) is 9.93. The SMILES string of the molecule is CCN1CCC(c2cn3c(n2)CCCC3O)C1. The predicted octanol–water partition coefficient (Wildman–Crippen LogP) is 1.52. The molecule has 1 saturated heterocycles. The fourth-order valence-corrected chi connectivity index (χ4v) is 3.04. The molecular weight excluding hydrogens is 214 g/mol. The molecule has 4 heteroatoms. The molecule has 0 saturated carbocycles. The number of hydrogen-bond acceptors (Lipinski definition) is 3. The molecule has 1 fully saturated rings. The third-order valence-electron chi connectivity index (χ3n) is 4.15. The summed E-state index contributed by atoms with van der Waals surface area (Å²) in [5.74, 6) is 1.65. The molecule has 3 heterocycles. The summed E-state index contributed by atoms with van der Waals surface area (Å²) in [6.45, 7) is 5.66. The van der Waals surface area contributed by atoms with Gasteiger partial charge in [-0.3, -0.25) is 0 Å². The molecule has 0 bridgehead atoms. The first kappa shape index (κ1) is 11.2. The zero-order valence-corrected chi connectivity index (χ0v) is 10.5. The van der Waals surface area contributed by atoms with Gasteiger partial charge in [0, 0.05) is 25.1 Å². The predicted molar refractivity (Wildman–Crippen MR) is 65.9 cm³/mol. The van der Waals surface area contributed by atoms with Crippen molar-refractivity contribution in [2.75, 3.05) is 19.6 Å². The van der Waals surface area contributed by atoms with Gasteiger partial charge < -0.3 is 14.6 Å². The Hall–Kier alpha value is -0.870. The topological polar surface area (TPSA) is 41.3 Å². The molecule has 2 aliphatic rings. The van der Waals surface area contributed by atoms with Gasteiger partial charge in [0.05, 0.1) is 5.69 Å². The number of likely N-dealkylation sites (tertiary alicyclic amines) is 1. The van der Waals surface area contributed by atoms with Crippen LogP contribution in [0.4, 0.5) is 0 Å². The van der Waals surface area contributed by atoms with Crippen molar-refractivity contribution in [3.05, 3.63) is 17.7 Å². The van der Waals surface area contributed by atoms with Gasteiger partial charge in [0.1, 0.15) is 12.1 Å². The van der Waals surface area contributed by atoms with Crippen molar-refractivity contribution < 1.29 is 5.11 Å². The van der Waals surface area contributed by atoms with E-state index in [0.717, 1.165) is 38.2 Å². The summed E-state index contributed by atoms with van der Waals surface area (Å²) in [6, 6.07) is 0. The Kier molecular flexibility index (Phi) is 2.92. The zero-order valence-electron chi connectivity index (χ0n) is 10.5. The van der Waals surface area contributed by atoms with Crippen LogP contribution >= 0.6 is 0 Å². The first-order chi connectivity index (χ1) is 8.28. The number of likely N-dealkylation sites (N-methyl/N-ethyl adjacent to an activating group) is 1. The van der Waals surface area contributed by atoms with Gasteiger partial charge in [-0.15, -0.1) is 0 Å². The van der Waals surface area contributed by atoms with E-state index in [1.807, 2.05) is 4.57 Å². The largest absolute Gasteiger partial charge is 0.373 e. The molecule has 0 aliphatic carbocycles. The van der Waals surface area contributed by atoms with E-state index >= 15 is 0 Å². The van der Waals surface area contributed by atoms with Gasteiger partial charge in [0.2, 0.25) is 0 Å². The summed E-state index contributed by atoms with van der Waals surface area (Å²) < 4.78 is 1.98. The molecule has 0 amide bonds. The van der Waals surface area contributed by atoms with Gasteiger partial charge in [0.25, 0.3) is 0 Å². The highest BCUT2D eigenvalue weighted by molar-refractivity contribution is 5.14. The normalized spacial score (nSPS) is 29.5. The van der Waals surface area contributed by atoms with Gasteiger partial charge in [-0.05, 0) is 32.4 Å². The summed E-state index contributed by atoms with van der Waals surface area (Å²) >= 11 is 0. The Bertz CT molecular complexity index is 401. The number of fused-ring (bicyclic) bond motifs is 1. The van der Waals surface area contributed by atoms with Crippen LogP contribution in [0.25, 0.3) is 0 Å². The average molecular weight is 235 g/mol. The second-order valence-electron chi connectivity index (χ2n) is 5.24. The molecule has 1 aromatic rings. The zero-order chi connectivity index (χ0) is 11.8. The number of aryl methyl sites for hydroxylation is 1. The van der Waals surface area contributed by atoms with E-state index in [9.17, 15) is 5.11 Å². The van der Waals surface area contributed by atoms with Crippen molar-refractivity contribution in [3.8, 4) is 0 Å². The maximum atomic E-state index is 9.93. The van der Waals surface area contributed by atoms with Gasteiger partial charge in [-0.2, -0.15) is 0 Å². The smallest absolute Gasteiger partial charge is 0.131 e. The lowest BCUT2D eigenvalue weighted by atomic mass is 10.1. The number of imidazole rings is 1. The summed E-state index contributed by atoms with van der Waals surface area (Å²) in [7, 11) is 0. The molecule has 2 aliphatic heterocycles. The number of aliphatic hydroxyl groups excluding tert-OH is 1. The lowest BCUT2D eigenvalue weighted by Gasteiger charge is -2.19. The Morgan fingerprint density at radius 3 is 3.06 bits per heavy atom. The third kappa shape index (κ3) is 2.00. The minimum absolute atomic E-state index is 0.344. The summed E-state index contributed by atoms with van der Waals surface area (Å²) in [5.41, 5.74) is 1.19. The van der Waals surface area contributed by atoms with E-state index in [4.69, 9.17) is 4.98 Å². The standard InChI is InChI=1S/C13H21N3O/c1-2-15-7-6-10(8-15)11-9-16-12(14-11)4-3-5-13(16)17/h9-10,13,17H,2-8H2,1H3. The molecule has 4 nitrogen and oxygen atoms in total. The third-order valence-corrected chi connectivity index (χ3v) is 4.15. The van der Waals surface area contributed by atoms with E-state index in [2.05, 4.69) is 18.0 Å². The molecule has 2 atom stereocenters. The number of nitrogens with zero attached hydrogens (tertiary/aromatic N) is 3. The van der Waals surface area contributed by atoms with E-state index in [-0.39, 0.29) is 6.23 Å². The van der Waals surface area contributed by atoms with Crippen LogP contribution in [0.3, 0.4) is 0 Å². The Morgan fingerprint density at radius 2 is 2.35 bits per heavy atom. The molecule has 0 radical (unpaired) electrons. The Balaban J connectivity index is 1.80. The van der Waals surface area contributed by atoms with Gasteiger partial charge in [-0.25, -0.2) is 4.98 Å². The lowest BCUT2D eigenvalue weighted by Crippen LogP contribution is -2.19. The molecule has 2 unspecified atom stereocenters. The number of aliphatic hydroxyl groups is 1. The van der Waals surface area contributed by atoms with Crippen LogP contribution in [0.1, 0.15) is 49.9 Å². The first-order valence-electron chi connectivity index (χ1n) is 6.76. The average Bonchev–Trinajstić information content (AvgIpc) is 2.95. The Morgan fingerprint density at radius 1 is 1.47 bits per heavy atom. The fraction of sp³-hybridized carbons (Fsp3) is 0.769. The molecule has 0 aromatic carbocycles. The second-order valence-corrected chi connectivity index (χ2v) is 5.24. The lowest BCUT2D eigenvalue weighted by molar-refractivity contribution is 0.0780. The maximum Gasteiger partial charge on any atom is 0.131 e. The molecule has 0 spiro atoms. The van der Waals surface area contributed by atoms with Crippen LogP contribution in [0.5, 0.6) is 0 Å².